The van der Waals surface area contributed by atoms with Crippen molar-refractivity contribution in [1.82, 2.24) is 4.98 Å². The SMILES string of the molecule is CC(=O)c1ccc(N(C)CC(C)(C)O)nc1. The van der Waals surface area contributed by atoms with Crippen LogP contribution in [-0.4, -0.2) is 35.1 Å². The molecule has 0 radical (unpaired) electrons. The molecule has 1 N–H and O–H groups in total. The van der Waals surface area contributed by atoms with Crippen molar-refractivity contribution in [3.05, 3.63) is 23.9 Å². The van der Waals surface area contributed by atoms with Crippen molar-refractivity contribution in [1.29, 1.82) is 0 Å². The van der Waals surface area contributed by atoms with Gasteiger partial charge in [-0.05, 0) is 32.9 Å². The van der Waals surface area contributed by atoms with Gasteiger partial charge < -0.3 is 10.0 Å². The number of anilines is 1. The maximum Gasteiger partial charge on any atom is 0.161 e. The fourth-order valence-corrected chi connectivity index (χ4v) is 1.48. The summed E-state index contributed by atoms with van der Waals surface area (Å²) in [5.41, 5.74) is -0.171. The lowest BCUT2D eigenvalue weighted by Crippen LogP contribution is -2.36. The third-order valence-corrected chi connectivity index (χ3v) is 2.17. The summed E-state index contributed by atoms with van der Waals surface area (Å²) in [5, 5.41) is 9.67. The first-order chi connectivity index (χ1) is 7.29. The van der Waals surface area contributed by atoms with Gasteiger partial charge in [0.15, 0.2) is 5.78 Å². The molecule has 0 spiro atoms. The highest BCUT2D eigenvalue weighted by Gasteiger charge is 2.16. The molecule has 0 saturated heterocycles. The second-order valence-electron chi connectivity index (χ2n) is 4.63. The number of hydrogen-bond donors (Lipinski definition) is 1. The molecule has 0 unspecified atom stereocenters. The van der Waals surface area contributed by atoms with E-state index in [2.05, 4.69) is 4.98 Å². The number of nitrogens with zero attached hydrogens (tertiary/aromatic N) is 2. The molecule has 0 saturated carbocycles. The van der Waals surface area contributed by atoms with Gasteiger partial charge in [-0.1, -0.05) is 0 Å². The van der Waals surface area contributed by atoms with Crippen LogP contribution in [0.15, 0.2) is 18.3 Å². The number of hydrogen-bond acceptors (Lipinski definition) is 4. The standard InChI is InChI=1S/C12H18N2O2/c1-9(15)10-5-6-11(13-7-10)14(4)8-12(2,3)16/h5-7,16H,8H2,1-4H3. The molecule has 1 heterocycles. The fourth-order valence-electron chi connectivity index (χ4n) is 1.48. The summed E-state index contributed by atoms with van der Waals surface area (Å²) in [6.45, 7) is 5.48. The third kappa shape index (κ3) is 3.62. The van der Waals surface area contributed by atoms with Crippen molar-refractivity contribution in [2.24, 2.45) is 0 Å². The van der Waals surface area contributed by atoms with Crippen molar-refractivity contribution in [2.45, 2.75) is 26.4 Å². The molecule has 0 aliphatic heterocycles. The lowest BCUT2D eigenvalue weighted by Gasteiger charge is -2.26. The summed E-state index contributed by atoms with van der Waals surface area (Å²) in [7, 11) is 1.85. The molecule has 4 nitrogen and oxygen atoms in total. The van der Waals surface area contributed by atoms with Gasteiger partial charge in [-0.2, -0.15) is 0 Å². The molecule has 0 aromatic carbocycles. The summed E-state index contributed by atoms with van der Waals surface area (Å²) < 4.78 is 0. The summed E-state index contributed by atoms with van der Waals surface area (Å²) >= 11 is 0. The minimum absolute atomic E-state index is 0.00388. The Labute approximate surface area is 95.9 Å². The fraction of sp³-hybridized carbons (Fsp3) is 0.500. The molecule has 1 rings (SSSR count). The first-order valence-corrected chi connectivity index (χ1v) is 5.20. The molecule has 0 atom stereocenters. The summed E-state index contributed by atoms with van der Waals surface area (Å²) in [6, 6.07) is 3.52. The van der Waals surface area contributed by atoms with Crippen LogP contribution < -0.4 is 4.90 Å². The van der Waals surface area contributed by atoms with E-state index in [-0.39, 0.29) is 5.78 Å². The van der Waals surface area contributed by atoms with Crippen molar-refractivity contribution < 1.29 is 9.90 Å². The zero-order chi connectivity index (χ0) is 12.3. The molecule has 0 fully saturated rings. The first-order valence-electron chi connectivity index (χ1n) is 5.20. The predicted molar refractivity (Wildman–Crippen MR) is 63.8 cm³/mol. The molecule has 0 aliphatic carbocycles. The van der Waals surface area contributed by atoms with Crippen molar-refractivity contribution in [3.63, 3.8) is 0 Å². The topological polar surface area (TPSA) is 53.4 Å². The Morgan fingerprint density at radius 1 is 1.50 bits per heavy atom. The van der Waals surface area contributed by atoms with Crippen LogP contribution >= 0.6 is 0 Å². The summed E-state index contributed by atoms with van der Waals surface area (Å²) in [5.74, 6) is 0.747. The Morgan fingerprint density at radius 3 is 2.50 bits per heavy atom. The van der Waals surface area contributed by atoms with Crippen LogP contribution in [0.5, 0.6) is 0 Å². The Bertz CT molecular complexity index is 366. The van der Waals surface area contributed by atoms with E-state index in [0.29, 0.717) is 12.1 Å². The van der Waals surface area contributed by atoms with E-state index in [0.717, 1.165) is 5.82 Å². The van der Waals surface area contributed by atoms with Crippen molar-refractivity contribution in [3.8, 4) is 0 Å². The normalized spacial score (nSPS) is 11.3. The van der Waals surface area contributed by atoms with E-state index in [9.17, 15) is 9.90 Å². The van der Waals surface area contributed by atoms with E-state index in [4.69, 9.17) is 0 Å². The van der Waals surface area contributed by atoms with Crippen LogP contribution in [-0.2, 0) is 0 Å². The monoisotopic (exact) mass is 222 g/mol. The number of likely N-dealkylation sites (N-methyl/N-ethyl adjacent to an activating group) is 1. The van der Waals surface area contributed by atoms with Crippen molar-refractivity contribution >= 4 is 11.6 Å². The number of carbonyl (C=O) groups is 1. The predicted octanol–water partition coefficient (Wildman–Crippen LogP) is 1.49. The van der Waals surface area contributed by atoms with E-state index in [1.807, 2.05) is 11.9 Å². The van der Waals surface area contributed by atoms with Crippen LogP contribution in [0.3, 0.4) is 0 Å². The van der Waals surface area contributed by atoms with E-state index in [1.54, 1.807) is 32.2 Å². The van der Waals surface area contributed by atoms with E-state index >= 15 is 0 Å². The van der Waals surface area contributed by atoms with Crippen LogP contribution in [0, 0.1) is 0 Å². The van der Waals surface area contributed by atoms with E-state index in [1.165, 1.54) is 6.92 Å². The number of ketones is 1. The van der Waals surface area contributed by atoms with Crippen LogP contribution in [0.25, 0.3) is 0 Å². The van der Waals surface area contributed by atoms with Gasteiger partial charge in [0.2, 0.25) is 0 Å². The van der Waals surface area contributed by atoms with Crippen LogP contribution in [0.4, 0.5) is 5.82 Å². The molecule has 16 heavy (non-hydrogen) atoms. The highest BCUT2D eigenvalue weighted by atomic mass is 16.3. The first kappa shape index (κ1) is 12.6. The maximum atomic E-state index is 11.1. The van der Waals surface area contributed by atoms with Gasteiger partial charge in [0, 0.05) is 25.4 Å². The lowest BCUT2D eigenvalue weighted by molar-refractivity contribution is 0.0884. The van der Waals surface area contributed by atoms with E-state index < -0.39 is 5.60 Å². The third-order valence-electron chi connectivity index (χ3n) is 2.17. The number of pyridine rings is 1. The molecule has 1 aromatic heterocycles. The van der Waals surface area contributed by atoms with Gasteiger partial charge in [0.25, 0.3) is 0 Å². The largest absolute Gasteiger partial charge is 0.389 e. The van der Waals surface area contributed by atoms with Gasteiger partial charge in [0.05, 0.1) is 5.60 Å². The minimum Gasteiger partial charge on any atom is -0.389 e. The summed E-state index contributed by atoms with van der Waals surface area (Å²) in [6.07, 6.45) is 1.55. The molecule has 88 valence electrons. The average Bonchev–Trinajstić information content (AvgIpc) is 2.15. The Balaban J connectivity index is 2.78. The van der Waals surface area contributed by atoms with Gasteiger partial charge in [-0.15, -0.1) is 0 Å². The van der Waals surface area contributed by atoms with Gasteiger partial charge in [-0.25, -0.2) is 4.98 Å². The Kier molecular flexibility index (Phi) is 3.65. The maximum absolute atomic E-state index is 11.1. The number of aromatic nitrogens is 1. The number of rotatable bonds is 4. The number of aliphatic hydroxyl groups is 1. The molecule has 0 amide bonds. The molecule has 1 aromatic rings. The van der Waals surface area contributed by atoms with Gasteiger partial charge >= 0.3 is 0 Å². The van der Waals surface area contributed by atoms with Gasteiger partial charge in [-0.3, -0.25) is 4.79 Å². The smallest absolute Gasteiger partial charge is 0.161 e. The second-order valence-corrected chi connectivity index (χ2v) is 4.63. The van der Waals surface area contributed by atoms with Crippen LogP contribution in [0.1, 0.15) is 31.1 Å². The molecular weight excluding hydrogens is 204 g/mol. The molecule has 4 heteroatoms. The van der Waals surface area contributed by atoms with Crippen LogP contribution in [0.2, 0.25) is 0 Å². The quantitative estimate of drug-likeness (QED) is 0.784. The minimum atomic E-state index is -0.768. The highest BCUT2D eigenvalue weighted by Crippen LogP contribution is 2.13. The summed E-state index contributed by atoms with van der Waals surface area (Å²) in [4.78, 5) is 17.1. The molecule has 0 bridgehead atoms. The molecule has 0 aliphatic rings. The highest BCUT2D eigenvalue weighted by molar-refractivity contribution is 5.93. The number of carbonyl (C=O) groups excluding carboxylic acids is 1. The second kappa shape index (κ2) is 4.61. The Hall–Kier alpha value is -1.42. The number of Topliss-reactive ketones (excluding diaryl/α,β-unsaturated/α-hetero) is 1. The zero-order valence-electron chi connectivity index (χ0n) is 10.2. The Morgan fingerprint density at radius 2 is 2.12 bits per heavy atom. The van der Waals surface area contributed by atoms with Gasteiger partial charge in [0.1, 0.15) is 5.82 Å². The zero-order valence-corrected chi connectivity index (χ0v) is 10.2. The van der Waals surface area contributed by atoms with Crippen molar-refractivity contribution in [2.75, 3.05) is 18.5 Å². The lowest BCUT2D eigenvalue weighted by atomic mass is 10.1. The molecular formula is C12H18N2O2. The average molecular weight is 222 g/mol.